The average Bonchev–Trinajstić information content (AvgIpc) is 3.06. The molecule has 0 aromatic carbocycles. The smallest absolute Gasteiger partial charge is 0.271 e. The molecular formula is C14H24N4O2. The summed E-state index contributed by atoms with van der Waals surface area (Å²) < 4.78 is 0. The summed E-state index contributed by atoms with van der Waals surface area (Å²) in [6, 6.07) is 2.09. The fraction of sp³-hybridized carbons (Fsp3) is 0.714. The van der Waals surface area contributed by atoms with Crippen LogP contribution < -0.4 is 5.32 Å². The molecule has 6 heteroatoms. The van der Waals surface area contributed by atoms with Gasteiger partial charge in [-0.05, 0) is 51.8 Å². The first kappa shape index (κ1) is 15.0. The van der Waals surface area contributed by atoms with Gasteiger partial charge in [-0.3, -0.25) is 14.8 Å². The van der Waals surface area contributed by atoms with Gasteiger partial charge in [0.2, 0.25) is 0 Å². The van der Waals surface area contributed by atoms with Gasteiger partial charge in [0.1, 0.15) is 5.69 Å². The number of carbonyl (C=O) groups is 1. The molecule has 6 nitrogen and oxygen atoms in total. The number of aryl methyl sites for hydroxylation is 1. The van der Waals surface area contributed by atoms with E-state index in [1.807, 2.05) is 6.92 Å². The van der Waals surface area contributed by atoms with E-state index in [2.05, 4.69) is 20.4 Å². The Kier molecular flexibility index (Phi) is 5.55. The van der Waals surface area contributed by atoms with Crippen LogP contribution >= 0.6 is 0 Å². The Morgan fingerprint density at radius 2 is 2.45 bits per heavy atom. The van der Waals surface area contributed by atoms with E-state index in [-0.39, 0.29) is 12.5 Å². The topological polar surface area (TPSA) is 81.2 Å². The number of nitrogens with one attached hydrogen (secondary N) is 2. The van der Waals surface area contributed by atoms with Crippen molar-refractivity contribution in [3.63, 3.8) is 0 Å². The number of aliphatic hydroxyl groups excluding tert-OH is 1. The highest BCUT2D eigenvalue weighted by molar-refractivity contribution is 5.92. The number of nitrogens with zero attached hydrogens (tertiary/aromatic N) is 2. The van der Waals surface area contributed by atoms with Crippen molar-refractivity contribution in [2.75, 3.05) is 26.2 Å². The molecule has 1 aromatic rings. The van der Waals surface area contributed by atoms with Crippen molar-refractivity contribution in [1.29, 1.82) is 0 Å². The Hall–Kier alpha value is -1.40. The number of hydrogen-bond donors (Lipinski definition) is 3. The second-order valence-electron chi connectivity index (χ2n) is 5.41. The van der Waals surface area contributed by atoms with Crippen molar-refractivity contribution in [3.8, 4) is 0 Å². The summed E-state index contributed by atoms with van der Waals surface area (Å²) >= 11 is 0. The standard InChI is InChI=1S/C14H24N4O2/c1-11-9-13(17-16-11)14(20)15-6-2-3-7-18-8-4-5-12(18)10-19/h9,12,19H,2-8,10H2,1H3,(H,15,20)(H,16,17). The first-order valence-electron chi connectivity index (χ1n) is 7.36. The molecule has 3 N–H and O–H groups in total. The highest BCUT2D eigenvalue weighted by Gasteiger charge is 2.22. The summed E-state index contributed by atoms with van der Waals surface area (Å²) in [6.45, 7) is 4.89. The quantitative estimate of drug-likeness (QED) is 0.642. The lowest BCUT2D eigenvalue weighted by Gasteiger charge is -2.22. The molecule has 1 aliphatic rings. The van der Waals surface area contributed by atoms with Crippen LogP contribution in [0, 0.1) is 6.92 Å². The second-order valence-corrected chi connectivity index (χ2v) is 5.41. The monoisotopic (exact) mass is 280 g/mol. The first-order valence-corrected chi connectivity index (χ1v) is 7.36. The van der Waals surface area contributed by atoms with Gasteiger partial charge in [-0.25, -0.2) is 0 Å². The predicted octanol–water partition coefficient (Wildman–Crippen LogP) is 0.685. The summed E-state index contributed by atoms with van der Waals surface area (Å²) in [5.74, 6) is -0.122. The van der Waals surface area contributed by atoms with E-state index in [1.54, 1.807) is 6.07 Å². The van der Waals surface area contributed by atoms with E-state index in [4.69, 9.17) is 0 Å². The lowest BCUT2D eigenvalue weighted by atomic mass is 10.2. The van der Waals surface area contributed by atoms with Crippen LogP contribution in [0.15, 0.2) is 6.07 Å². The predicted molar refractivity (Wildman–Crippen MR) is 76.6 cm³/mol. The molecule has 1 atom stereocenters. The van der Waals surface area contributed by atoms with Crippen molar-refractivity contribution in [1.82, 2.24) is 20.4 Å². The van der Waals surface area contributed by atoms with Crippen molar-refractivity contribution < 1.29 is 9.90 Å². The summed E-state index contributed by atoms with van der Waals surface area (Å²) in [6.07, 6.45) is 4.27. The molecule has 0 radical (unpaired) electrons. The molecule has 0 spiro atoms. The lowest BCUT2D eigenvalue weighted by molar-refractivity contribution is 0.0947. The van der Waals surface area contributed by atoms with Crippen molar-refractivity contribution in [2.45, 2.75) is 38.6 Å². The number of aromatic nitrogens is 2. The Morgan fingerprint density at radius 3 is 3.15 bits per heavy atom. The Bertz CT molecular complexity index is 433. The molecule has 1 saturated heterocycles. The van der Waals surface area contributed by atoms with Gasteiger partial charge in [-0.1, -0.05) is 0 Å². The fourth-order valence-corrected chi connectivity index (χ4v) is 2.66. The molecule has 112 valence electrons. The van der Waals surface area contributed by atoms with E-state index in [9.17, 15) is 9.90 Å². The van der Waals surface area contributed by atoms with Crippen molar-refractivity contribution in [3.05, 3.63) is 17.5 Å². The van der Waals surface area contributed by atoms with Gasteiger partial charge in [0, 0.05) is 18.3 Å². The minimum Gasteiger partial charge on any atom is -0.395 e. The zero-order chi connectivity index (χ0) is 14.4. The number of rotatable bonds is 7. The highest BCUT2D eigenvalue weighted by Crippen LogP contribution is 2.16. The van der Waals surface area contributed by atoms with Gasteiger partial charge < -0.3 is 10.4 Å². The van der Waals surface area contributed by atoms with Crippen molar-refractivity contribution in [2.24, 2.45) is 0 Å². The van der Waals surface area contributed by atoms with E-state index in [1.165, 1.54) is 6.42 Å². The largest absolute Gasteiger partial charge is 0.395 e. The second kappa shape index (κ2) is 7.40. The maximum atomic E-state index is 11.7. The van der Waals surface area contributed by atoms with Crippen LogP contribution in [0.2, 0.25) is 0 Å². The average molecular weight is 280 g/mol. The number of aromatic amines is 1. The van der Waals surface area contributed by atoms with Gasteiger partial charge in [0.25, 0.3) is 5.91 Å². The zero-order valence-corrected chi connectivity index (χ0v) is 12.1. The normalized spacial score (nSPS) is 19.4. The fourth-order valence-electron chi connectivity index (χ4n) is 2.66. The Morgan fingerprint density at radius 1 is 1.60 bits per heavy atom. The number of hydrogen-bond acceptors (Lipinski definition) is 4. The molecule has 1 aromatic heterocycles. The molecule has 0 aliphatic carbocycles. The van der Waals surface area contributed by atoms with Crippen molar-refractivity contribution >= 4 is 5.91 Å². The zero-order valence-electron chi connectivity index (χ0n) is 12.1. The maximum absolute atomic E-state index is 11.7. The summed E-state index contributed by atoms with van der Waals surface area (Å²) in [7, 11) is 0. The number of likely N-dealkylation sites (tertiary alicyclic amines) is 1. The summed E-state index contributed by atoms with van der Waals surface area (Å²) in [5, 5.41) is 18.8. The molecule has 20 heavy (non-hydrogen) atoms. The van der Waals surface area contributed by atoms with Crippen LogP contribution in [0.25, 0.3) is 0 Å². The Labute approximate surface area is 119 Å². The van der Waals surface area contributed by atoms with Crippen LogP contribution in [0.3, 0.4) is 0 Å². The number of amides is 1. The molecule has 1 aliphatic heterocycles. The molecule has 2 heterocycles. The van der Waals surface area contributed by atoms with Gasteiger partial charge in [0.15, 0.2) is 0 Å². The molecule has 0 bridgehead atoms. The maximum Gasteiger partial charge on any atom is 0.271 e. The first-order chi connectivity index (χ1) is 9.70. The minimum absolute atomic E-state index is 0.122. The van der Waals surface area contributed by atoms with E-state index >= 15 is 0 Å². The summed E-state index contributed by atoms with van der Waals surface area (Å²) in [5.41, 5.74) is 1.33. The van der Waals surface area contributed by atoms with Crippen LogP contribution in [0.4, 0.5) is 0 Å². The molecule has 1 unspecified atom stereocenters. The van der Waals surface area contributed by atoms with Crippen LogP contribution in [-0.2, 0) is 0 Å². The number of H-pyrrole nitrogens is 1. The lowest BCUT2D eigenvalue weighted by Crippen LogP contribution is -2.33. The number of carbonyl (C=O) groups excluding carboxylic acids is 1. The van der Waals surface area contributed by atoms with Gasteiger partial charge >= 0.3 is 0 Å². The Balaban J connectivity index is 1.58. The minimum atomic E-state index is -0.122. The van der Waals surface area contributed by atoms with E-state index < -0.39 is 0 Å². The van der Waals surface area contributed by atoms with Gasteiger partial charge in [-0.2, -0.15) is 5.10 Å². The molecule has 2 rings (SSSR count). The molecule has 1 fully saturated rings. The highest BCUT2D eigenvalue weighted by atomic mass is 16.3. The van der Waals surface area contributed by atoms with E-state index in [0.717, 1.165) is 38.0 Å². The van der Waals surface area contributed by atoms with Crippen LogP contribution in [-0.4, -0.2) is 58.4 Å². The molecular weight excluding hydrogens is 256 g/mol. The molecule has 0 saturated carbocycles. The van der Waals surface area contributed by atoms with E-state index in [0.29, 0.717) is 18.3 Å². The third-order valence-electron chi connectivity index (χ3n) is 3.81. The third kappa shape index (κ3) is 4.05. The number of aliphatic hydroxyl groups is 1. The third-order valence-corrected chi connectivity index (χ3v) is 3.81. The molecule has 1 amide bonds. The van der Waals surface area contributed by atoms with Crippen LogP contribution in [0.5, 0.6) is 0 Å². The van der Waals surface area contributed by atoms with Gasteiger partial charge in [0.05, 0.1) is 6.61 Å². The summed E-state index contributed by atoms with van der Waals surface area (Å²) in [4.78, 5) is 14.1. The van der Waals surface area contributed by atoms with Crippen LogP contribution in [0.1, 0.15) is 41.9 Å². The number of unbranched alkanes of at least 4 members (excludes halogenated alkanes) is 1. The SMILES string of the molecule is Cc1cc(C(=O)NCCCCN2CCCC2CO)n[nH]1. The van der Waals surface area contributed by atoms with Gasteiger partial charge in [-0.15, -0.1) is 0 Å².